The second kappa shape index (κ2) is 14.9. The van der Waals surface area contributed by atoms with E-state index in [0.29, 0.717) is 10.8 Å². The average molecular weight is 620 g/mol. The molecule has 0 spiro atoms. The van der Waals surface area contributed by atoms with Crippen LogP contribution >= 0.6 is 22.7 Å². The molecule has 1 fully saturated rings. The van der Waals surface area contributed by atoms with Crippen LogP contribution in [0.1, 0.15) is 23.3 Å². The number of alkyl halides is 3. The number of hydrogen-bond donors (Lipinski definition) is 3. The van der Waals surface area contributed by atoms with E-state index in [1.165, 1.54) is 29.1 Å². The summed E-state index contributed by atoms with van der Waals surface area (Å²) in [6, 6.07) is 13.9. The minimum Gasteiger partial charge on any atom is -0.496 e. The van der Waals surface area contributed by atoms with Gasteiger partial charge in [-0.2, -0.15) is 13.2 Å². The van der Waals surface area contributed by atoms with Crippen LogP contribution in [0.5, 0.6) is 5.75 Å². The third kappa shape index (κ3) is 9.85. The first-order valence-electron chi connectivity index (χ1n) is 12.5. The van der Waals surface area contributed by atoms with Gasteiger partial charge < -0.3 is 20.1 Å². The minimum atomic E-state index is -5.08. The van der Waals surface area contributed by atoms with E-state index in [4.69, 9.17) is 14.6 Å². The molecule has 0 radical (unpaired) electrons. The molecule has 0 saturated carbocycles. The number of carboxylic acid groups (broad SMARTS) is 1. The lowest BCUT2D eigenvalue weighted by Gasteiger charge is -2.14. The Bertz CT molecular complexity index is 1320. The van der Waals surface area contributed by atoms with Gasteiger partial charge in [0.05, 0.1) is 7.11 Å². The summed E-state index contributed by atoms with van der Waals surface area (Å²) in [4.78, 5) is 13.5. The Labute approximate surface area is 239 Å². The second-order valence-electron chi connectivity index (χ2n) is 8.91. The van der Waals surface area contributed by atoms with Crippen molar-refractivity contribution in [1.82, 2.24) is 14.9 Å². The van der Waals surface area contributed by atoms with Crippen LogP contribution < -0.4 is 14.8 Å². The molecule has 40 heavy (non-hydrogen) atoms. The maximum Gasteiger partial charge on any atom is 0.490 e. The summed E-state index contributed by atoms with van der Waals surface area (Å²) in [5.41, 5.74) is 2.05. The van der Waals surface area contributed by atoms with E-state index in [-0.39, 0.29) is 0 Å². The van der Waals surface area contributed by atoms with Gasteiger partial charge in [0.1, 0.15) is 9.96 Å². The maximum atomic E-state index is 12.8. The molecule has 2 aromatic heterocycles. The Morgan fingerprint density at radius 3 is 2.48 bits per heavy atom. The Morgan fingerprint density at radius 2 is 1.85 bits per heavy atom. The number of likely N-dealkylation sites (tertiary alicyclic amines) is 1. The molecule has 0 atom stereocenters. The molecule has 0 unspecified atom stereocenters. The SMILES string of the molecule is COc1ccc(CNCCc2cccs2)cc1-c1ccc(S(=O)(=O)NCCN2CCCC2)s1.O=C(O)C(F)(F)F. The molecule has 3 aromatic rings. The fourth-order valence-electron chi connectivity index (χ4n) is 3.98. The number of nitrogens with zero attached hydrogens (tertiary/aromatic N) is 1. The fourth-order valence-corrected chi connectivity index (χ4v) is 7.08. The zero-order valence-electron chi connectivity index (χ0n) is 21.9. The van der Waals surface area contributed by atoms with Gasteiger partial charge in [0.2, 0.25) is 10.0 Å². The standard InChI is InChI=1S/C24H31N3O3S3.C2HF3O2/c1-30-22-7-6-19(18-25-11-10-20-5-4-16-31-20)17-21(22)23-8-9-24(32-23)33(28,29)26-12-15-27-13-2-3-14-27;3-2(4,5)1(6)7/h4-9,16-17,25-26H,2-3,10-15,18H2,1H3;(H,6,7). The molecular formula is C26H32F3N3O5S3. The number of halogens is 3. The van der Waals surface area contributed by atoms with E-state index in [1.54, 1.807) is 24.5 Å². The van der Waals surface area contributed by atoms with Crippen LogP contribution in [0.4, 0.5) is 13.2 Å². The summed E-state index contributed by atoms with van der Waals surface area (Å²) in [5, 5.41) is 12.7. The summed E-state index contributed by atoms with van der Waals surface area (Å²) in [6.07, 6.45) is -1.67. The van der Waals surface area contributed by atoms with Crippen molar-refractivity contribution in [2.24, 2.45) is 0 Å². The number of sulfonamides is 1. The summed E-state index contributed by atoms with van der Waals surface area (Å²) in [6.45, 7) is 4.97. The van der Waals surface area contributed by atoms with Gasteiger partial charge in [-0.1, -0.05) is 12.1 Å². The van der Waals surface area contributed by atoms with Crippen molar-refractivity contribution in [1.29, 1.82) is 0 Å². The maximum absolute atomic E-state index is 12.8. The molecule has 1 aliphatic heterocycles. The highest BCUT2D eigenvalue weighted by Gasteiger charge is 2.38. The lowest BCUT2D eigenvalue weighted by molar-refractivity contribution is -0.192. The molecular weight excluding hydrogens is 587 g/mol. The molecule has 0 amide bonds. The summed E-state index contributed by atoms with van der Waals surface area (Å²) < 4.78 is 66.0. The average Bonchev–Trinajstić information content (AvgIpc) is 3.70. The third-order valence-corrected chi connectivity index (χ3v) is 10.0. The fraction of sp³-hybridized carbons (Fsp3) is 0.423. The van der Waals surface area contributed by atoms with E-state index in [2.05, 4.69) is 38.5 Å². The molecule has 3 heterocycles. The van der Waals surface area contributed by atoms with Gasteiger partial charge in [0.15, 0.2) is 0 Å². The van der Waals surface area contributed by atoms with Crippen molar-refractivity contribution in [2.75, 3.05) is 39.8 Å². The van der Waals surface area contributed by atoms with E-state index in [0.717, 1.165) is 60.9 Å². The van der Waals surface area contributed by atoms with Crippen molar-refractivity contribution in [3.63, 3.8) is 0 Å². The molecule has 220 valence electrons. The number of ether oxygens (including phenoxy) is 1. The molecule has 0 bridgehead atoms. The van der Waals surface area contributed by atoms with E-state index >= 15 is 0 Å². The number of carboxylic acids is 1. The Morgan fingerprint density at radius 1 is 1.12 bits per heavy atom. The first-order chi connectivity index (χ1) is 19.0. The predicted molar refractivity (Wildman–Crippen MR) is 151 cm³/mol. The highest BCUT2D eigenvalue weighted by Crippen LogP contribution is 2.37. The Balaban J connectivity index is 0.000000559. The smallest absolute Gasteiger partial charge is 0.490 e. The minimum absolute atomic E-state index is 0.334. The van der Waals surface area contributed by atoms with Crippen molar-refractivity contribution in [3.8, 4) is 16.2 Å². The summed E-state index contributed by atoms with van der Waals surface area (Å²) in [7, 11) is -1.88. The first-order valence-corrected chi connectivity index (χ1v) is 15.7. The topological polar surface area (TPSA) is 108 Å². The Kier molecular flexibility index (Phi) is 12.0. The number of benzene rings is 1. The molecule has 3 N–H and O–H groups in total. The van der Waals surface area contributed by atoms with Crippen LogP contribution in [0.2, 0.25) is 0 Å². The summed E-state index contributed by atoms with van der Waals surface area (Å²) in [5.74, 6) is -2.02. The number of hydrogen-bond acceptors (Lipinski definition) is 8. The van der Waals surface area contributed by atoms with Gasteiger partial charge in [0, 0.05) is 41.5 Å². The van der Waals surface area contributed by atoms with E-state index < -0.39 is 22.2 Å². The number of nitrogens with one attached hydrogen (secondary N) is 2. The van der Waals surface area contributed by atoms with E-state index in [1.807, 2.05) is 18.2 Å². The van der Waals surface area contributed by atoms with Crippen molar-refractivity contribution in [2.45, 2.75) is 36.2 Å². The molecule has 0 aliphatic carbocycles. The highest BCUT2D eigenvalue weighted by atomic mass is 32.2. The molecule has 14 heteroatoms. The molecule has 1 aliphatic rings. The van der Waals surface area contributed by atoms with Gasteiger partial charge in [0.25, 0.3) is 0 Å². The van der Waals surface area contributed by atoms with Crippen LogP contribution in [-0.4, -0.2) is 70.4 Å². The van der Waals surface area contributed by atoms with Gasteiger partial charge in [-0.25, -0.2) is 17.9 Å². The zero-order chi connectivity index (χ0) is 29.2. The van der Waals surface area contributed by atoms with Crippen LogP contribution in [0.15, 0.2) is 52.1 Å². The summed E-state index contributed by atoms with van der Waals surface area (Å²) >= 11 is 3.05. The molecule has 8 nitrogen and oxygen atoms in total. The quantitative estimate of drug-likeness (QED) is 0.250. The number of carbonyl (C=O) groups is 1. The van der Waals surface area contributed by atoms with Gasteiger partial charge >= 0.3 is 12.1 Å². The van der Waals surface area contributed by atoms with Crippen LogP contribution in [0, 0.1) is 0 Å². The normalized spacial score (nSPS) is 14.1. The van der Waals surface area contributed by atoms with Crippen LogP contribution in [-0.2, 0) is 27.8 Å². The van der Waals surface area contributed by atoms with Crippen molar-refractivity contribution in [3.05, 3.63) is 58.3 Å². The van der Waals surface area contributed by atoms with Gasteiger partial charge in [-0.15, -0.1) is 22.7 Å². The van der Waals surface area contributed by atoms with Crippen molar-refractivity contribution < 1.29 is 36.2 Å². The lowest BCUT2D eigenvalue weighted by atomic mass is 10.1. The van der Waals surface area contributed by atoms with Gasteiger partial charge in [-0.05, 0) is 73.6 Å². The number of methoxy groups -OCH3 is 1. The molecule has 4 rings (SSSR count). The largest absolute Gasteiger partial charge is 0.496 e. The number of thiophene rings is 2. The number of aliphatic carboxylic acids is 1. The predicted octanol–water partition coefficient (Wildman–Crippen LogP) is 4.82. The van der Waals surface area contributed by atoms with Crippen molar-refractivity contribution >= 4 is 38.7 Å². The second-order valence-corrected chi connectivity index (χ2v) is 13.0. The van der Waals surface area contributed by atoms with E-state index in [9.17, 15) is 21.6 Å². The first kappa shape index (κ1) is 32.0. The molecule has 1 aromatic carbocycles. The zero-order valence-corrected chi connectivity index (χ0v) is 24.3. The molecule has 1 saturated heterocycles. The lowest BCUT2D eigenvalue weighted by Crippen LogP contribution is -2.33. The van der Waals surface area contributed by atoms with Gasteiger partial charge in [-0.3, -0.25) is 0 Å². The number of rotatable bonds is 12. The van der Waals surface area contributed by atoms with Crippen LogP contribution in [0.25, 0.3) is 10.4 Å². The third-order valence-electron chi connectivity index (χ3n) is 5.99. The monoisotopic (exact) mass is 619 g/mol. The Hall–Kier alpha value is -2.49. The van der Waals surface area contributed by atoms with Crippen LogP contribution in [0.3, 0.4) is 0 Å². The highest BCUT2D eigenvalue weighted by molar-refractivity contribution is 7.91.